The van der Waals surface area contributed by atoms with Gasteiger partial charge in [-0.3, -0.25) is 14.9 Å². The first-order chi connectivity index (χ1) is 12.0. The molecule has 0 saturated carbocycles. The van der Waals surface area contributed by atoms with Crippen LogP contribution in [0.1, 0.15) is 19.4 Å². The molecule has 0 aromatic heterocycles. The van der Waals surface area contributed by atoms with E-state index in [1.54, 1.807) is 18.2 Å². The molecule has 0 unspecified atom stereocenters. The van der Waals surface area contributed by atoms with Crippen LogP contribution in [0.3, 0.4) is 0 Å². The predicted octanol–water partition coefficient (Wildman–Crippen LogP) is 4.09. The number of benzene rings is 2. The van der Waals surface area contributed by atoms with E-state index in [0.29, 0.717) is 11.3 Å². The summed E-state index contributed by atoms with van der Waals surface area (Å²) in [7, 11) is 0. The molecule has 130 valence electrons. The van der Waals surface area contributed by atoms with Gasteiger partial charge in [0.2, 0.25) is 5.91 Å². The van der Waals surface area contributed by atoms with Crippen molar-refractivity contribution >= 4 is 29.0 Å². The second-order valence-electron chi connectivity index (χ2n) is 5.39. The van der Waals surface area contributed by atoms with Crippen LogP contribution in [0.5, 0.6) is 0 Å². The van der Waals surface area contributed by atoms with Crippen molar-refractivity contribution in [1.29, 1.82) is 0 Å². The summed E-state index contributed by atoms with van der Waals surface area (Å²) in [5.74, 6) is -0.290. The standard InChI is InChI=1S/C19H21N3O3/c1-3-21(4-2)17-11-9-16(10-12-17)20-19(23)13-8-15-6-5-7-18(14-15)22(24)25/h5-14H,3-4H2,1-2H3,(H,20,23)/b13-8+. The van der Waals surface area contributed by atoms with Crippen LogP contribution in [-0.2, 0) is 4.79 Å². The lowest BCUT2D eigenvalue weighted by Crippen LogP contribution is -2.21. The molecule has 6 nitrogen and oxygen atoms in total. The van der Waals surface area contributed by atoms with Gasteiger partial charge in [-0.25, -0.2) is 0 Å². The zero-order valence-electron chi connectivity index (χ0n) is 14.3. The predicted molar refractivity (Wildman–Crippen MR) is 101 cm³/mol. The number of rotatable bonds is 7. The topological polar surface area (TPSA) is 75.5 Å². The van der Waals surface area contributed by atoms with E-state index < -0.39 is 4.92 Å². The van der Waals surface area contributed by atoms with Gasteiger partial charge in [-0.2, -0.15) is 0 Å². The molecule has 1 N–H and O–H groups in total. The Labute approximate surface area is 146 Å². The third-order valence-corrected chi connectivity index (χ3v) is 3.77. The highest BCUT2D eigenvalue weighted by molar-refractivity contribution is 6.02. The Balaban J connectivity index is 2.00. The SMILES string of the molecule is CCN(CC)c1ccc(NC(=O)/C=C/c2cccc([N+](=O)[O-])c2)cc1. The van der Waals surface area contributed by atoms with Crippen LogP contribution in [0.4, 0.5) is 17.1 Å². The summed E-state index contributed by atoms with van der Waals surface area (Å²) in [5.41, 5.74) is 2.40. The molecule has 0 radical (unpaired) electrons. The summed E-state index contributed by atoms with van der Waals surface area (Å²) in [6, 6.07) is 13.8. The molecule has 0 atom stereocenters. The summed E-state index contributed by atoms with van der Waals surface area (Å²) < 4.78 is 0. The van der Waals surface area contributed by atoms with Crippen LogP contribution in [0.15, 0.2) is 54.6 Å². The highest BCUT2D eigenvalue weighted by Crippen LogP contribution is 2.18. The van der Waals surface area contributed by atoms with E-state index in [4.69, 9.17) is 0 Å². The van der Waals surface area contributed by atoms with Crippen molar-refractivity contribution in [1.82, 2.24) is 0 Å². The first kappa shape index (κ1) is 18.2. The fourth-order valence-corrected chi connectivity index (χ4v) is 2.44. The van der Waals surface area contributed by atoms with Crippen molar-refractivity contribution in [3.8, 4) is 0 Å². The highest BCUT2D eigenvalue weighted by atomic mass is 16.6. The van der Waals surface area contributed by atoms with Crippen LogP contribution in [0, 0.1) is 10.1 Å². The third kappa shape index (κ3) is 5.17. The molecule has 0 aliphatic heterocycles. The Kier molecular flexibility index (Phi) is 6.28. The summed E-state index contributed by atoms with van der Waals surface area (Å²) in [6.07, 6.45) is 2.91. The molecule has 2 rings (SSSR count). The maximum Gasteiger partial charge on any atom is 0.270 e. The molecule has 0 spiro atoms. The van der Waals surface area contributed by atoms with Crippen molar-refractivity contribution in [3.63, 3.8) is 0 Å². The number of carbonyl (C=O) groups excluding carboxylic acids is 1. The van der Waals surface area contributed by atoms with Gasteiger partial charge in [0.15, 0.2) is 0 Å². The minimum Gasteiger partial charge on any atom is -0.372 e. The van der Waals surface area contributed by atoms with Gasteiger partial charge in [0.25, 0.3) is 5.69 Å². The minimum absolute atomic E-state index is 0.00505. The number of hydrogen-bond donors (Lipinski definition) is 1. The Morgan fingerprint density at radius 1 is 1.16 bits per heavy atom. The third-order valence-electron chi connectivity index (χ3n) is 3.77. The molecule has 6 heteroatoms. The number of amides is 1. The Hall–Kier alpha value is -3.15. The van der Waals surface area contributed by atoms with E-state index in [9.17, 15) is 14.9 Å². The van der Waals surface area contributed by atoms with Gasteiger partial charge in [0.05, 0.1) is 4.92 Å². The number of hydrogen-bond acceptors (Lipinski definition) is 4. The molecular weight excluding hydrogens is 318 g/mol. The Morgan fingerprint density at radius 3 is 2.44 bits per heavy atom. The van der Waals surface area contributed by atoms with Crippen molar-refractivity contribution in [2.24, 2.45) is 0 Å². The maximum absolute atomic E-state index is 12.0. The molecule has 2 aromatic rings. The fraction of sp³-hybridized carbons (Fsp3) is 0.211. The van der Waals surface area contributed by atoms with Gasteiger partial charge in [0, 0.05) is 42.7 Å². The number of nitro groups is 1. The monoisotopic (exact) mass is 339 g/mol. The van der Waals surface area contributed by atoms with Crippen molar-refractivity contribution < 1.29 is 9.72 Å². The maximum atomic E-state index is 12.0. The lowest BCUT2D eigenvalue weighted by Gasteiger charge is -2.21. The molecule has 0 saturated heterocycles. The largest absolute Gasteiger partial charge is 0.372 e. The zero-order valence-corrected chi connectivity index (χ0v) is 14.3. The van der Waals surface area contributed by atoms with Gasteiger partial charge >= 0.3 is 0 Å². The summed E-state index contributed by atoms with van der Waals surface area (Å²) >= 11 is 0. The van der Waals surface area contributed by atoms with Crippen molar-refractivity contribution in [3.05, 3.63) is 70.3 Å². The van der Waals surface area contributed by atoms with E-state index in [2.05, 4.69) is 24.1 Å². The quantitative estimate of drug-likeness (QED) is 0.468. The molecule has 2 aromatic carbocycles. The molecule has 0 fully saturated rings. The number of nitrogens with one attached hydrogen (secondary N) is 1. The van der Waals surface area contributed by atoms with E-state index in [-0.39, 0.29) is 11.6 Å². The number of nitro benzene ring substituents is 1. The molecule has 0 bridgehead atoms. The lowest BCUT2D eigenvalue weighted by molar-refractivity contribution is -0.384. The van der Waals surface area contributed by atoms with Gasteiger partial charge in [-0.05, 0) is 49.8 Å². The molecule has 25 heavy (non-hydrogen) atoms. The second kappa shape index (κ2) is 8.63. The summed E-state index contributed by atoms with van der Waals surface area (Å²) in [6.45, 7) is 6.04. The number of non-ortho nitro benzene ring substituents is 1. The van der Waals surface area contributed by atoms with Crippen LogP contribution in [0.25, 0.3) is 6.08 Å². The van der Waals surface area contributed by atoms with Crippen LogP contribution >= 0.6 is 0 Å². The molecule has 0 heterocycles. The van der Waals surface area contributed by atoms with Crippen molar-refractivity contribution in [2.75, 3.05) is 23.3 Å². The minimum atomic E-state index is -0.463. The van der Waals surface area contributed by atoms with Gasteiger partial charge in [-0.1, -0.05) is 12.1 Å². The average Bonchev–Trinajstić information content (AvgIpc) is 2.62. The second-order valence-corrected chi connectivity index (χ2v) is 5.39. The van der Waals surface area contributed by atoms with Crippen LogP contribution < -0.4 is 10.2 Å². The van der Waals surface area contributed by atoms with Gasteiger partial charge in [0.1, 0.15) is 0 Å². The van der Waals surface area contributed by atoms with Gasteiger partial charge < -0.3 is 10.2 Å². The fourth-order valence-electron chi connectivity index (χ4n) is 2.44. The number of nitrogens with zero attached hydrogens (tertiary/aromatic N) is 2. The smallest absolute Gasteiger partial charge is 0.270 e. The van der Waals surface area contributed by atoms with Crippen LogP contribution in [0.2, 0.25) is 0 Å². The Bertz CT molecular complexity index is 766. The van der Waals surface area contributed by atoms with Crippen LogP contribution in [-0.4, -0.2) is 23.9 Å². The Morgan fingerprint density at radius 2 is 1.84 bits per heavy atom. The van der Waals surface area contributed by atoms with E-state index in [1.807, 2.05) is 24.3 Å². The molecular formula is C19H21N3O3. The van der Waals surface area contributed by atoms with E-state index >= 15 is 0 Å². The number of anilines is 2. The zero-order chi connectivity index (χ0) is 18.2. The van der Waals surface area contributed by atoms with Gasteiger partial charge in [-0.15, -0.1) is 0 Å². The summed E-state index contributed by atoms with van der Waals surface area (Å²) in [4.78, 5) is 24.5. The molecule has 0 aliphatic carbocycles. The number of carbonyl (C=O) groups is 1. The van der Waals surface area contributed by atoms with E-state index in [1.165, 1.54) is 18.2 Å². The van der Waals surface area contributed by atoms with E-state index in [0.717, 1.165) is 18.8 Å². The lowest BCUT2D eigenvalue weighted by atomic mass is 10.2. The normalized spacial score (nSPS) is 10.6. The molecule has 0 aliphatic rings. The summed E-state index contributed by atoms with van der Waals surface area (Å²) in [5, 5.41) is 13.5. The van der Waals surface area contributed by atoms with Crippen molar-refractivity contribution in [2.45, 2.75) is 13.8 Å². The highest BCUT2D eigenvalue weighted by Gasteiger charge is 2.05. The first-order valence-corrected chi connectivity index (χ1v) is 8.12. The first-order valence-electron chi connectivity index (χ1n) is 8.12. The average molecular weight is 339 g/mol. The molecule has 1 amide bonds.